The summed E-state index contributed by atoms with van der Waals surface area (Å²) in [5.41, 5.74) is 1.73. The van der Waals surface area contributed by atoms with E-state index >= 15 is 0 Å². The number of imidazole rings is 1. The molecule has 0 aliphatic carbocycles. The standard InChI is InChI=1S/C15H14FIN2S2/c1-2-4-12(14-5-3-6-21-14)19-13-7-9(16)10(17)8-11(13)18-15(19)20/h3,5-8,12H,2,4H2,1H3,(H,18,20). The number of thiophene rings is 1. The minimum atomic E-state index is -0.202. The van der Waals surface area contributed by atoms with Gasteiger partial charge in [0.1, 0.15) is 5.82 Å². The molecule has 110 valence electrons. The van der Waals surface area contributed by atoms with Crippen LogP contribution in [0.1, 0.15) is 30.7 Å². The van der Waals surface area contributed by atoms with Crippen LogP contribution in [0.15, 0.2) is 29.6 Å². The fourth-order valence-corrected chi connectivity index (χ4v) is 4.24. The molecule has 0 fully saturated rings. The molecule has 0 bridgehead atoms. The Hall–Kier alpha value is -0.730. The first-order valence-corrected chi connectivity index (χ1v) is 9.11. The first-order valence-electron chi connectivity index (χ1n) is 6.74. The van der Waals surface area contributed by atoms with Crippen LogP contribution in [-0.4, -0.2) is 9.55 Å². The Labute approximate surface area is 145 Å². The summed E-state index contributed by atoms with van der Waals surface area (Å²) in [6, 6.07) is 7.73. The first kappa shape index (κ1) is 15.2. The van der Waals surface area contributed by atoms with Gasteiger partial charge in [-0.05, 0) is 58.7 Å². The van der Waals surface area contributed by atoms with E-state index in [1.807, 2.05) is 34.7 Å². The summed E-state index contributed by atoms with van der Waals surface area (Å²) in [7, 11) is 0. The Morgan fingerprint density at radius 3 is 2.95 bits per heavy atom. The average Bonchev–Trinajstić information content (AvgIpc) is 3.06. The number of H-pyrrole nitrogens is 1. The number of aromatic amines is 1. The van der Waals surface area contributed by atoms with E-state index in [-0.39, 0.29) is 11.9 Å². The summed E-state index contributed by atoms with van der Waals surface area (Å²) in [5, 5.41) is 2.07. The minimum absolute atomic E-state index is 0.163. The molecule has 3 rings (SSSR count). The second-order valence-corrected chi connectivity index (χ2v) is 7.43. The van der Waals surface area contributed by atoms with Crippen LogP contribution in [0.2, 0.25) is 0 Å². The van der Waals surface area contributed by atoms with Crippen LogP contribution < -0.4 is 0 Å². The van der Waals surface area contributed by atoms with Crippen molar-refractivity contribution in [2.24, 2.45) is 0 Å². The predicted molar refractivity (Wildman–Crippen MR) is 97.2 cm³/mol. The summed E-state index contributed by atoms with van der Waals surface area (Å²) < 4.78 is 17.3. The molecule has 0 radical (unpaired) electrons. The Morgan fingerprint density at radius 1 is 1.48 bits per heavy atom. The molecule has 2 heterocycles. The van der Waals surface area contributed by atoms with Crippen LogP contribution in [0, 0.1) is 14.2 Å². The van der Waals surface area contributed by atoms with Crippen molar-refractivity contribution < 1.29 is 4.39 Å². The lowest BCUT2D eigenvalue weighted by molar-refractivity contribution is 0.547. The number of fused-ring (bicyclic) bond motifs is 1. The number of nitrogens with zero attached hydrogens (tertiary/aromatic N) is 1. The van der Waals surface area contributed by atoms with E-state index in [2.05, 4.69) is 27.9 Å². The van der Waals surface area contributed by atoms with Crippen LogP contribution in [-0.2, 0) is 0 Å². The van der Waals surface area contributed by atoms with E-state index in [4.69, 9.17) is 12.2 Å². The van der Waals surface area contributed by atoms with Gasteiger partial charge in [0.05, 0.1) is 20.6 Å². The van der Waals surface area contributed by atoms with Gasteiger partial charge in [-0.15, -0.1) is 11.3 Å². The zero-order valence-electron chi connectivity index (χ0n) is 11.4. The molecule has 2 aromatic heterocycles. The second kappa shape index (κ2) is 6.18. The van der Waals surface area contributed by atoms with Crippen molar-refractivity contribution in [3.8, 4) is 0 Å². The molecule has 0 amide bonds. The molecule has 0 aliphatic rings. The zero-order chi connectivity index (χ0) is 15.0. The number of hydrogen-bond acceptors (Lipinski definition) is 2. The van der Waals surface area contributed by atoms with Crippen molar-refractivity contribution in [3.63, 3.8) is 0 Å². The highest BCUT2D eigenvalue weighted by Gasteiger charge is 2.19. The highest BCUT2D eigenvalue weighted by atomic mass is 127. The quantitative estimate of drug-likeness (QED) is 0.403. The third kappa shape index (κ3) is 2.80. The molecule has 0 spiro atoms. The normalized spacial score (nSPS) is 12.9. The van der Waals surface area contributed by atoms with Gasteiger partial charge in [0, 0.05) is 10.9 Å². The third-order valence-corrected chi connectivity index (χ3v) is 5.60. The van der Waals surface area contributed by atoms with E-state index in [0.717, 1.165) is 23.9 Å². The average molecular weight is 432 g/mol. The zero-order valence-corrected chi connectivity index (χ0v) is 15.2. The van der Waals surface area contributed by atoms with Gasteiger partial charge in [-0.2, -0.15) is 0 Å². The molecule has 1 aromatic carbocycles. The van der Waals surface area contributed by atoms with Crippen molar-refractivity contribution >= 4 is 57.2 Å². The molecular weight excluding hydrogens is 418 g/mol. The lowest BCUT2D eigenvalue weighted by Crippen LogP contribution is -2.09. The molecule has 0 aliphatic heterocycles. The maximum Gasteiger partial charge on any atom is 0.178 e. The monoisotopic (exact) mass is 432 g/mol. The lowest BCUT2D eigenvalue weighted by Gasteiger charge is -2.17. The van der Waals surface area contributed by atoms with Crippen molar-refractivity contribution in [2.75, 3.05) is 0 Å². The summed E-state index contributed by atoms with van der Waals surface area (Å²) in [6.45, 7) is 2.16. The highest BCUT2D eigenvalue weighted by molar-refractivity contribution is 14.1. The van der Waals surface area contributed by atoms with Crippen LogP contribution in [0.5, 0.6) is 0 Å². The minimum Gasteiger partial charge on any atom is -0.331 e. The molecule has 3 aromatic rings. The molecular formula is C15H14FIN2S2. The van der Waals surface area contributed by atoms with Crippen LogP contribution in [0.25, 0.3) is 11.0 Å². The fourth-order valence-electron chi connectivity index (χ4n) is 2.58. The smallest absolute Gasteiger partial charge is 0.178 e. The van der Waals surface area contributed by atoms with Crippen LogP contribution in [0.3, 0.4) is 0 Å². The topological polar surface area (TPSA) is 20.7 Å². The van der Waals surface area contributed by atoms with Crippen LogP contribution >= 0.6 is 46.1 Å². The van der Waals surface area contributed by atoms with Gasteiger partial charge in [0.25, 0.3) is 0 Å². The lowest BCUT2D eigenvalue weighted by atomic mass is 10.1. The predicted octanol–water partition coefficient (Wildman–Crippen LogP) is 5.89. The number of hydrogen-bond donors (Lipinski definition) is 1. The summed E-state index contributed by atoms with van der Waals surface area (Å²) in [5.74, 6) is -0.202. The molecule has 2 nitrogen and oxygen atoms in total. The molecule has 1 atom stereocenters. The van der Waals surface area contributed by atoms with Crippen molar-refractivity contribution in [1.82, 2.24) is 9.55 Å². The van der Waals surface area contributed by atoms with Gasteiger partial charge >= 0.3 is 0 Å². The maximum atomic E-state index is 14.0. The highest BCUT2D eigenvalue weighted by Crippen LogP contribution is 2.32. The van der Waals surface area contributed by atoms with Gasteiger partial charge in [0.15, 0.2) is 4.77 Å². The summed E-state index contributed by atoms with van der Waals surface area (Å²) in [6.07, 6.45) is 2.03. The van der Waals surface area contributed by atoms with Crippen molar-refractivity contribution in [3.05, 3.63) is 48.7 Å². The van der Waals surface area contributed by atoms with Crippen molar-refractivity contribution in [2.45, 2.75) is 25.8 Å². The second-order valence-electron chi connectivity index (χ2n) is 4.90. The largest absolute Gasteiger partial charge is 0.331 e. The molecule has 1 unspecified atom stereocenters. The summed E-state index contributed by atoms with van der Waals surface area (Å²) in [4.78, 5) is 4.46. The van der Waals surface area contributed by atoms with E-state index < -0.39 is 0 Å². The van der Waals surface area contributed by atoms with Gasteiger partial charge < -0.3 is 9.55 Å². The number of halogens is 2. The molecule has 21 heavy (non-hydrogen) atoms. The van der Waals surface area contributed by atoms with Gasteiger partial charge in [-0.25, -0.2) is 4.39 Å². The number of nitrogens with one attached hydrogen (secondary N) is 1. The number of aromatic nitrogens is 2. The van der Waals surface area contributed by atoms with Gasteiger partial charge in [-0.1, -0.05) is 19.4 Å². The Kier molecular flexibility index (Phi) is 4.46. The SMILES string of the molecule is CCCC(c1cccs1)n1c(=S)[nH]c2cc(I)c(F)cc21. The molecule has 6 heteroatoms. The number of rotatable bonds is 4. The fraction of sp³-hybridized carbons (Fsp3) is 0.267. The van der Waals surface area contributed by atoms with E-state index in [1.165, 1.54) is 4.88 Å². The van der Waals surface area contributed by atoms with Gasteiger partial charge in [0.2, 0.25) is 0 Å². The molecule has 1 N–H and O–H groups in total. The van der Waals surface area contributed by atoms with E-state index in [0.29, 0.717) is 8.34 Å². The Balaban J connectivity index is 2.24. The Bertz CT molecular complexity index is 820. The first-order chi connectivity index (χ1) is 10.1. The maximum absolute atomic E-state index is 14.0. The third-order valence-electron chi connectivity index (χ3n) is 3.50. The molecule has 0 saturated heterocycles. The van der Waals surface area contributed by atoms with Crippen LogP contribution in [0.4, 0.5) is 4.39 Å². The molecule has 0 saturated carbocycles. The van der Waals surface area contributed by atoms with E-state index in [1.54, 1.807) is 17.4 Å². The number of benzene rings is 1. The summed E-state index contributed by atoms with van der Waals surface area (Å²) >= 11 is 9.21. The van der Waals surface area contributed by atoms with Gasteiger partial charge in [-0.3, -0.25) is 0 Å². The Morgan fingerprint density at radius 2 is 2.29 bits per heavy atom. The van der Waals surface area contributed by atoms with E-state index in [9.17, 15) is 4.39 Å². The van der Waals surface area contributed by atoms with Crippen molar-refractivity contribution in [1.29, 1.82) is 0 Å².